The lowest BCUT2D eigenvalue weighted by atomic mass is 10.1. The van der Waals surface area contributed by atoms with E-state index in [2.05, 4.69) is 14.7 Å². The summed E-state index contributed by atoms with van der Waals surface area (Å²) >= 11 is 0. The molecule has 3 N–H and O–H groups in total. The first kappa shape index (κ1) is 21.1. The van der Waals surface area contributed by atoms with Crippen molar-refractivity contribution in [2.75, 3.05) is 19.0 Å². The van der Waals surface area contributed by atoms with Crippen molar-refractivity contribution in [1.82, 2.24) is 9.97 Å². The second-order valence-corrected chi connectivity index (χ2v) is 4.51. The molecule has 1 amide bonds. The van der Waals surface area contributed by atoms with Gasteiger partial charge in [-0.1, -0.05) is 0 Å². The Kier molecular flexibility index (Phi) is 6.44. The summed E-state index contributed by atoms with van der Waals surface area (Å²) < 4.78 is 69.3. The van der Waals surface area contributed by atoms with E-state index in [4.69, 9.17) is 5.73 Å². The lowest BCUT2D eigenvalue weighted by molar-refractivity contribution is -0.291. The third-order valence-electron chi connectivity index (χ3n) is 2.85. The number of hydrogen-bond acceptors (Lipinski definition) is 7. The number of hydrogen-bond donors (Lipinski definition) is 2. The number of allylic oxidation sites excluding steroid dienone is 1. The smallest absolute Gasteiger partial charge is 0.459 e. The zero-order valence-electron chi connectivity index (χ0n) is 12.9. The molecule has 13 heteroatoms. The van der Waals surface area contributed by atoms with Gasteiger partial charge in [0.05, 0.1) is 7.11 Å². The van der Waals surface area contributed by atoms with Crippen molar-refractivity contribution in [3.8, 4) is 0 Å². The van der Waals surface area contributed by atoms with Gasteiger partial charge in [-0.05, 0) is 6.08 Å². The molecule has 0 saturated carbocycles. The normalized spacial score (nSPS) is 12.5. The molecule has 0 aromatic carbocycles. The van der Waals surface area contributed by atoms with Crippen LogP contribution in [0.25, 0.3) is 0 Å². The maximum absolute atomic E-state index is 13.7. The van der Waals surface area contributed by atoms with Crippen LogP contribution in [0.3, 0.4) is 0 Å². The molecule has 26 heavy (non-hydrogen) atoms. The van der Waals surface area contributed by atoms with Crippen LogP contribution >= 0.6 is 0 Å². The zero-order valence-corrected chi connectivity index (χ0v) is 12.9. The number of amides is 1. The number of aromatic nitrogens is 2. The molecular weight excluding hydrogens is 371 g/mol. The minimum Gasteiger partial charge on any atom is -0.465 e. The molecule has 0 bridgehead atoms. The van der Waals surface area contributed by atoms with Gasteiger partial charge in [0.25, 0.3) is 5.91 Å². The molecule has 1 rings (SSSR count). The molecule has 1 heterocycles. The molecule has 8 nitrogen and oxygen atoms in total. The first-order valence-electron chi connectivity index (χ1n) is 6.55. The average molecular weight is 382 g/mol. The van der Waals surface area contributed by atoms with Gasteiger partial charge >= 0.3 is 18.1 Å². The predicted molar refractivity (Wildman–Crippen MR) is 75.2 cm³/mol. The van der Waals surface area contributed by atoms with Crippen LogP contribution in [0.4, 0.5) is 27.9 Å². The number of carbonyl (C=O) groups excluding carboxylic acids is 3. The summed E-state index contributed by atoms with van der Waals surface area (Å²) in [5.74, 6) is -9.14. The van der Waals surface area contributed by atoms with Gasteiger partial charge in [0.2, 0.25) is 5.95 Å². The lowest BCUT2D eigenvalue weighted by Crippen LogP contribution is -2.37. The Morgan fingerprint density at radius 2 is 1.92 bits per heavy atom. The van der Waals surface area contributed by atoms with Gasteiger partial charge in [0.15, 0.2) is 0 Å². The van der Waals surface area contributed by atoms with Crippen LogP contribution in [0.1, 0.15) is 16.1 Å². The lowest BCUT2D eigenvalue weighted by Gasteiger charge is -2.21. The molecule has 0 spiro atoms. The Bertz CT molecular complexity index is 749. The Morgan fingerprint density at radius 3 is 2.38 bits per heavy atom. The van der Waals surface area contributed by atoms with Crippen LogP contribution in [0.5, 0.6) is 0 Å². The summed E-state index contributed by atoms with van der Waals surface area (Å²) in [4.78, 5) is 39.8. The number of anilines is 1. The van der Waals surface area contributed by atoms with E-state index in [0.717, 1.165) is 13.2 Å². The number of alkyl halides is 5. The fraction of sp³-hybridized carbons (Fsp3) is 0.308. The van der Waals surface area contributed by atoms with E-state index in [1.165, 1.54) is 0 Å². The third-order valence-corrected chi connectivity index (χ3v) is 2.85. The number of nitrogens with zero attached hydrogens (tertiary/aromatic N) is 2. The van der Waals surface area contributed by atoms with E-state index in [9.17, 15) is 36.3 Å². The Hall–Kier alpha value is -2.96. The molecule has 0 radical (unpaired) electrons. The molecule has 0 aliphatic rings. The van der Waals surface area contributed by atoms with Gasteiger partial charge in [-0.3, -0.25) is 14.9 Å². The molecule has 1 aromatic heterocycles. The summed E-state index contributed by atoms with van der Waals surface area (Å²) in [5, 5.41) is 1.80. The maximum Gasteiger partial charge on any atom is 0.459 e. The summed E-state index contributed by atoms with van der Waals surface area (Å²) in [6.07, 6.45) is -4.77. The SMILES string of the molecule is COC(=O)c1cnc(NC(=O)/C(=C\C=O)CN)nc1C(F)(F)C(F)(F)F. The topological polar surface area (TPSA) is 124 Å². The third kappa shape index (κ3) is 4.36. The minimum atomic E-state index is -6.08. The highest BCUT2D eigenvalue weighted by atomic mass is 19.4. The van der Waals surface area contributed by atoms with Gasteiger partial charge in [0, 0.05) is 18.3 Å². The number of ether oxygens (including phenoxy) is 1. The molecule has 0 unspecified atom stereocenters. The van der Waals surface area contributed by atoms with Crippen LogP contribution in [-0.2, 0) is 20.2 Å². The minimum absolute atomic E-state index is 0.215. The number of nitrogens with two attached hydrogens (primary N) is 1. The average Bonchev–Trinajstić information content (AvgIpc) is 2.57. The standard InChI is InChI=1S/C13H11F5N4O4/c1-26-10(25)7-5-20-11(22-9(24)6(4-19)2-3-23)21-8(7)12(14,15)13(16,17)18/h2-3,5H,4,19H2,1H3,(H,20,21,22,24)/b6-2-. The number of nitrogens with one attached hydrogen (secondary N) is 1. The van der Waals surface area contributed by atoms with Crippen molar-refractivity contribution in [3.05, 3.63) is 29.1 Å². The van der Waals surface area contributed by atoms with Crippen LogP contribution in [-0.4, -0.2) is 48.0 Å². The van der Waals surface area contributed by atoms with Crippen LogP contribution in [0.2, 0.25) is 0 Å². The van der Waals surface area contributed by atoms with Crippen molar-refractivity contribution in [2.24, 2.45) is 5.73 Å². The molecule has 0 fully saturated rings. The Labute approximate surface area is 142 Å². The predicted octanol–water partition coefficient (Wildman–Crippen LogP) is 0.940. The number of carbonyl (C=O) groups is 3. The Balaban J connectivity index is 3.42. The molecule has 0 atom stereocenters. The van der Waals surface area contributed by atoms with Gasteiger partial charge in [-0.15, -0.1) is 0 Å². The van der Waals surface area contributed by atoms with E-state index in [1.54, 1.807) is 5.32 Å². The molecule has 142 valence electrons. The van der Waals surface area contributed by atoms with Gasteiger partial charge < -0.3 is 10.5 Å². The second kappa shape index (κ2) is 7.95. The maximum atomic E-state index is 13.7. The number of esters is 1. The van der Waals surface area contributed by atoms with Crippen LogP contribution < -0.4 is 11.1 Å². The molecule has 0 aliphatic carbocycles. The van der Waals surface area contributed by atoms with Gasteiger partial charge in [0.1, 0.15) is 17.5 Å². The van der Waals surface area contributed by atoms with E-state index < -0.39 is 47.7 Å². The van der Waals surface area contributed by atoms with Crippen molar-refractivity contribution in [1.29, 1.82) is 0 Å². The number of aldehydes is 1. The van der Waals surface area contributed by atoms with Crippen molar-refractivity contribution in [3.63, 3.8) is 0 Å². The van der Waals surface area contributed by atoms with Crippen molar-refractivity contribution < 1.29 is 41.1 Å². The van der Waals surface area contributed by atoms with Crippen molar-refractivity contribution in [2.45, 2.75) is 12.1 Å². The summed E-state index contributed by atoms with van der Waals surface area (Å²) in [5.41, 5.74) is 1.63. The highest BCUT2D eigenvalue weighted by Gasteiger charge is 2.61. The highest BCUT2D eigenvalue weighted by Crippen LogP contribution is 2.44. The Morgan fingerprint density at radius 1 is 1.31 bits per heavy atom. The van der Waals surface area contributed by atoms with E-state index in [1.807, 2.05) is 0 Å². The number of methoxy groups -OCH3 is 1. The molecule has 0 saturated heterocycles. The van der Waals surface area contributed by atoms with Gasteiger partial charge in [-0.25, -0.2) is 14.8 Å². The van der Waals surface area contributed by atoms with Gasteiger partial charge in [-0.2, -0.15) is 22.0 Å². The molecular formula is C13H11F5N4O4. The first-order chi connectivity index (χ1) is 12.0. The number of rotatable bonds is 6. The van der Waals surface area contributed by atoms with Crippen LogP contribution in [0, 0.1) is 0 Å². The molecule has 1 aromatic rings. The fourth-order valence-electron chi connectivity index (χ4n) is 1.58. The molecule has 0 aliphatic heterocycles. The fourth-order valence-corrected chi connectivity index (χ4v) is 1.58. The first-order valence-corrected chi connectivity index (χ1v) is 6.55. The zero-order chi connectivity index (χ0) is 20.1. The number of halogens is 5. The summed E-state index contributed by atoms with van der Waals surface area (Å²) in [6, 6.07) is 0. The highest BCUT2D eigenvalue weighted by molar-refractivity contribution is 6.05. The van der Waals surface area contributed by atoms with E-state index in [-0.39, 0.29) is 11.9 Å². The largest absolute Gasteiger partial charge is 0.465 e. The quantitative estimate of drug-likeness (QED) is 0.325. The van der Waals surface area contributed by atoms with E-state index in [0.29, 0.717) is 6.20 Å². The summed E-state index contributed by atoms with van der Waals surface area (Å²) in [7, 11) is 0.755. The summed E-state index contributed by atoms with van der Waals surface area (Å²) in [6.45, 7) is -0.434. The van der Waals surface area contributed by atoms with Crippen LogP contribution in [0.15, 0.2) is 17.8 Å². The second-order valence-electron chi connectivity index (χ2n) is 4.51. The monoisotopic (exact) mass is 382 g/mol. The van der Waals surface area contributed by atoms with E-state index >= 15 is 0 Å². The van der Waals surface area contributed by atoms with Crippen molar-refractivity contribution >= 4 is 24.1 Å².